The number of halogens is 2. The SMILES string of the molecule is CCOC(=O)/C=C/c1cc(Cl)c(OCc2cccc(-c3ccccc3)c2Br)cc1OCc1ccc2nonc2c1. The summed E-state index contributed by atoms with van der Waals surface area (Å²) in [7, 11) is 0. The molecule has 0 amide bonds. The van der Waals surface area contributed by atoms with Crippen LogP contribution < -0.4 is 9.47 Å². The van der Waals surface area contributed by atoms with E-state index in [0.29, 0.717) is 33.1 Å². The van der Waals surface area contributed by atoms with Crippen LogP contribution in [0.2, 0.25) is 5.02 Å². The van der Waals surface area contributed by atoms with E-state index in [4.69, 9.17) is 30.4 Å². The van der Waals surface area contributed by atoms with Gasteiger partial charge >= 0.3 is 5.97 Å². The van der Waals surface area contributed by atoms with E-state index in [1.165, 1.54) is 6.08 Å². The van der Waals surface area contributed by atoms with Gasteiger partial charge in [0.15, 0.2) is 0 Å². The third-order valence-electron chi connectivity index (χ3n) is 6.01. The zero-order valence-electron chi connectivity index (χ0n) is 21.5. The van der Waals surface area contributed by atoms with Gasteiger partial charge in [0.25, 0.3) is 0 Å². The van der Waals surface area contributed by atoms with Crippen LogP contribution in [-0.2, 0) is 22.7 Å². The number of nitrogens with zero attached hydrogens (tertiary/aromatic N) is 2. The van der Waals surface area contributed by atoms with Crippen molar-refractivity contribution in [1.29, 1.82) is 0 Å². The van der Waals surface area contributed by atoms with Crippen molar-refractivity contribution in [2.24, 2.45) is 0 Å². The molecule has 0 spiro atoms. The van der Waals surface area contributed by atoms with Gasteiger partial charge in [-0.2, -0.15) is 0 Å². The molecular weight excluding hydrogens is 596 g/mol. The summed E-state index contributed by atoms with van der Waals surface area (Å²) in [6.07, 6.45) is 2.94. The highest BCUT2D eigenvalue weighted by Gasteiger charge is 2.14. The number of carbonyl (C=O) groups excluding carboxylic acids is 1. The van der Waals surface area contributed by atoms with Gasteiger partial charge in [0.2, 0.25) is 0 Å². The Morgan fingerprint density at radius 2 is 1.73 bits per heavy atom. The summed E-state index contributed by atoms with van der Waals surface area (Å²) in [5.74, 6) is 0.463. The van der Waals surface area contributed by atoms with E-state index in [9.17, 15) is 4.79 Å². The quantitative estimate of drug-likeness (QED) is 0.116. The molecule has 40 heavy (non-hydrogen) atoms. The Kier molecular flexibility index (Phi) is 8.78. The summed E-state index contributed by atoms with van der Waals surface area (Å²) in [5.41, 5.74) is 5.88. The maximum Gasteiger partial charge on any atom is 0.330 e. The molecule has 5 rings (SSSR count). The van der Waals surface area contributed by atoms with Crippen LogP contribution in [0.3, 0.4) is 0 Å². The molecule has 5 aromatic rings. The molecule has 0 radical (unpaired) electrons. The minimum Gasteiger partial charge on any atom is -0.488 e. The predicted molar refractivity (Wildman–Crippen MR) is 157 cm³/mol. The van der Waals surface area contributed by atoms with Gasteiger partial charge in [-0.15, -0.1) is 0 Å². The molecular formula is C31H24BrClN2O5. The topological polar surface area (TPSA) is 83.7 Å². The van der Waals surface area contributed by atoms with E-state index in [0.717, 1.165) is 26.7 Å². The molecule has 0 atom stereocenters. The third-order valence-corrected chi connectivity index (χ3v) is 7.24. The highest BCUT2D eigenvalue weighted by atomic mass is 79.9. The summed E-state index contributed by atoms with van der Waals surface area (Å²) in [6.45, 7) is 2.53. The molecule has 0 saturated heterocycles. The predicted octanol–water partition coefficient (Wildman–Crippen LogP) is 8.04. The summed E-state index contributed by atoms with van der Waals surface area (Å²) in [6, 6.07) is 25.1. The van der Waals surface area contributed by atoms with Crippen molar-refractivity contribution in [1.82, 2.24) is 10.3 Å². The summed E-state index contributed by atoms with van der Waals surface area (Å²) >= 11 is 10.4. The van der Waals surface area contributed by atoms with Crippen LogP contribution in [0.25, 0.3) is 28.2 Å². The first-order valence-corrected chi connectivity index (χ1v) is 13.7. The van der Waals surface area contributed by atoms with E-state index in [-0.39, 0.29) is 19.8 Å². The van der Waals surface area contributed by atoms with E-state index in [2.05, 4.69) is 44.4 Å². The molecule has 0 bridgehead atoms. The van der Waals surface area contributed by atoms with Crippen LogP contribution in [0, 0.1) is 0 Å². The lowest BCUT2D eigenvalue weighted by molar-refractivity contribution is -0.137. The fourth-order valence-electron chi connectivity index (χ4n) is 4.03. The van der Waals surface area contributed by atoms with Crippen molar-refractivity contribution in [3.8, 4) is 22.6 Å². The van der Waals surface area contributed by atoms with Crippen LogP contribution in [-0.4, -0.2) is 22.9 Å². The van der Waals surface area contributed by atoms with Gasteiger partial charge in [-0.1, -0.05) is 66.2 Å². The number of carbonyl (C=O) groups is 1. The van der Waals surface area contributed by atoms with Crippen LogP contribution in [0.15, 0.2) is 94.0 Å². The molecule has 7 nitrogen and oxygen atoms in total. The Labute approximate surface area is 244 Å². The maximum atomic E-state index is 11.9. The van der Waals surface area contributed by atoms with E-state index in [1.54, 1.807) is 25.1 Å². The zero-order valence-corrected chi connectivity index (χ0v) is 23.8. The fraction of sp³-hybridized carbons (Fsp3) is 0.129. The van der Waals surface area contributed by atoms with Crippen LogP contribution in [0.1, 0.15) is 23.6 Å². The molecule has 0 unspecified atom stereocenters. The lowest BCUT2D eigenvalue weighted by Gasteiger charge is -2.15. The Bertz CT molecular complexity index is 1670. The van der Waals surface area contributed by atoms with Crippen LogP contribution >= 0.6 is 27.5 Å². The number of benzene rings is 4. The van der Waals surface area contributed by atoms with Gasteiger partial charge in [-0.05, 0) is 74.1 Å². The van der Waals surface area contributed by atoms with Gasteiger partial charge in [-0.25, -0.2) is 9.42 Å². The lowest BCUT2D eigenvalue weighted by atomic mass is 10.0. The number of hydrogen-bond donors (Lipinski definition) is 0. The molecule has 0 aliphatic carbocycles. The first-order chi connectivity index (χ1) is 19.5. The van der Waals surface area contributed by atoms with Crippen molar-refractivity contribution in [3.05, 3.63) is 111 Å². The van der Waals surface area contributed by atoms with Gasteiger partial charge in [-0.3, -0.25) is 0 Å². The molecule has 0 aliphatic heterocycles. The van der Waals surface area contributed by atoms with Crippen molar-refractivity contribution in [2.75, 3.05) is 6.61 Å². The van der Waals surface area contributed by atoms with Crippen molar-refractivity contribution >= 4 is 50.6 Å². The Balaban J connectivity index is 1.39. The number of rotatable bonds is 10. The van der Waals surface area contributed by atoms with E-state index < -0.39 is 5.97 Å². The van der Waals surface area contributed by atoms with Gasteiger partial charge in [0.1, 0.15) is 35.7 Å². The number of aromatic nitrogens is 2. The first kappa shape index (κ1) is 27.4. The molecule has 0 N–H and O–H groups in total. The number of fused-ring (bicyclic) bond motifs is 1. The van der Waals surface area contributed by atoms with Crippen molar-refractivity contribution in [3.63, 3.8) is 0 Å². The van der Waals surface area contributed by atoms with E-state index >= 15 is 0 Å². The Morgan fingerprint density at radius 3 is 2.55 bits per heavy atom. The maximum absolute atomic E-state index is 11.9. The van der Waals surface area contributed by atoms with Crippen molar-refractivity contribution < 1.29 is 23.6 Å². The third kappa shape index (κ3) is 6.52. The normalized spacial score (nSPS) is 11.2. The molecule has 1 heterocycles. The zero-order chi connectivity index (χ0) is 27.9. The smallest absolute Gasteiger partial charge is 0.330 e. The number of ether oxygens (including phenoxy) is 3. The number of hydrogen-bond acceptors (Lipinski definition) is 7. The van der Waals surface area contributed by atoms with Crippen LogP contribution in [0.5, 0.6) is 11.5 Å². The average Bonchev–Trinajstić information content (AvgIpc) is 3.44. The van der Waals surface area contributed by atoms with Gasteiger partial charge < -0.3 is 14.2 Å². The summed E-state index contributed by atoms with van der Waals surface area (Å²) < 4.78 is 23.1. The van der Waals surface area contributed by atoms with Gasteiger partial charge in [0, 0.05) is 27.7 Å². The standard InChI is InChI=1S/C31H24BrClN2O5/c1-2-37-30(36)14-12-22-16-25(33)29(17-28(22)38-18-20-11-13-26-27(15-20)35-40-34-26)39-19-23-9-6-10-24(31(23)32)21-7-4-3-5-8-21/h3-17H,2,18-19H2,1H3/b14-12+. The molecule has 9 heteroatoms. The second-order valence-corrected chi connectivity index (χ2v) is 9.92. The molecule has 0 aliphatic rings. The van der Waals surface area contributed by atoms with Crippen LogP contribution in [0.4, 0.5) is 0 Å². The first-order valence-electron chi connectivity index (χ1n) is 12.5. The fourth-order valence-corrected chi connectivity index (χ4v) is 4.86. The largest absolute Gasteiger partial charge is 0.488 e. The summed E-state index contributed by atoms with van der Waals surface area (Å²) in [4.78, 5) is 11.9. The minimum absolute atomic E-state index is 0.231. The second-order valence-electron chi connectivity index (χ2n) is 8.72. The monoisotopic (exact) mass is 618 g/mol. The minimum atomic E-state index is -0.461. The summed E-state index contributed by atoms with van der Waals surface area (Å²) in [5, 5.41) is 8.09. The molecule has 4 aromatic carbocycles. The molecule has 1 aromatic heterocycles. The Hall–Kier alpha value is -4.14. The Morgan fingerprint density at radius 1 is 0.925 bits per heavy atom. The molecule has 202 valence electrons. The molecule has 0 fully saturated rings. The average molecular weight is 620 g/mol. The lowest BCUT2D eigenvalue weighted by Crippen LogP contribution is -2.02. The van der Waals surface area contributed by atoms with Gasteiger partial charge in [0.05, 0.1) is 11.6 Å². The second kappa shape index (κ2) is 12.8. The van der Waals surface area contributed by atoms with Crippen molar-refractivity contribution in [2.45, 2.75) is 20.1 Å². The highest BCUT2D eigenvalue weighted by Crippen LogP contribution is 2.36. The number of esters is 1. The van der Waals surface area contributed by atoms with E-state index in [1.807, 2.05) is 48.5 Å². The molecule has 0 saturated carbocycles. The highest BCUT2D eigenvalue weighted by molar-refractivity contribution is 9.10.